The van der Waals surface area contributed by atoms with Gasteiger partial charge in [-0.3, -0.25) is 0 Å². The molecule has 5 heteroatoms. The van der Waals surface area contributed by atoms with Crippen molar-refractivity contribution in [1.29, 1.82) is 0 Å². The molecule has 1 aromatic heterocycles. The Morgan fingerprint density at radius 3 is 2.47 bits per heavy atom. The van der Waals surface area contributed by atoms with Crippen LogP contribution in [0.4, 0.5) is 0 Å². The van der Waals surface area contributed by atoms with Gasteiger partial charge in [-0.1, -0.05) is 30.3 Å². The lowest BCUT2D eigenvalue weighted by atomic mass is 10.1. The molecular weight excluding hydrogens is 264 g/mol. The Morgan fingerprint density at radius 1 is 1.05 bits per heavy atom. The van der Waals surface area contributed by atoms with Crippen LogP contribution in [0.5, 0.6) is 0 Å². The lowest BCUT2D eigenvalue weighted by Crippen LogP contribution is -1.99. The predicted molar refractivity (Wildman–Crippen MR) is 75.7 cm³/mol. The number of fused-ring (bicyclic) bond motifs is 1. The van der Waals surface area contributed by atoms with Crippen molar-refractivity contribution in [2.75, 3.05) is 0 Å². The van der Waals surface area contributed by atoms with Gasteiger partial charge in [-0.2, -0.15) is 0 Å². The average Bonchev–Trinajstić information content (AvgIpc) is 2.82. The summed E-state index contributed by atoms with van der Waals surface area (Å²) in [4.78, 5) is 18.7. The van der Waals surface area contributed by atoms with Crippen LogP contribution in [0.3, 0.4) is 0 Å². The molecule has 2 N–H and O–H groups in total. The molecule has 0 aliphatic carbocycles. The van der Waals surface area contributed by atoms with Crippen molar-refractivity contribution in [1.82, 2.24) is 9.97 Å². The van der Waals surface area contributed by atoms with Gasteiger partial charge in [0.15, 0.2) is 0 Å². The number of hydrogen-bond donors (Lipinski definition) is 2. The van der Waals surface area contributed by atoms with Gasteiger partial charge in [0, 0.05) is 5.56 Å². The summed E-state index contributed by atoms with van der Waals surface area (Å²) < 4.78 is 0. The van der Waals surface area contributed by atoms with Gasteiger partial charge in [-0.25, -0.2) is 9.78 Å². The van der Waals surface area contributed by atoms with Crippen LogP contribution in [-0.2, 0) is 0 Å². The number of para-hydroxylation sites is 2. The number of carbonyl (C=O) groups is 1. The van der Waals surface area contributed by atoms with Crippen LogP contribution < -0.4 is 0 Å². The summed E-state index contributed by atoms with van der Waals surface area (Å²) in [6, 6.07) is 14.4. The molecule has 0 saturated heterocycles. The maximum atomic E-state index is 11.2. The number of hydrogen-bond acceptors (Lipinski definition) is 2. The Kier molecular flexibility index (Phi) is 3.53. The summed E-state index contributed by atoms with van der Waals surface area (Å²) in [6.07, 6.45) is 0. The van der Waals surface area contributed by atoms with E-state index < -0.39 is 5.97 Å². The number of nitrogens with one attached hydrogen (secondary N) is 1. The third-order valence-corrected chi connectivity index (χ3v) is 2.80. The summed E-state index contributed by atoms with van der Waals surface area (Å²) in [5.41, 5.74) is 2.57. The minimum Gasteiger partial charge on any atom is -0.478 e. The van der Waals surface area contributed by atoms with E-state index in [4.69, 9.17) is 5.11 Å². The first-order chi connectivity index (χ1) is 8.75. The minimum atomic E-state index is -0.953. The van der Waals surface area contributed by atoms with Crippen LogP contribution in [0.2, 0.25) is 0 Å². The van der Waals surface area contributed by atoms with Crippen molar-refractivity contribution in [2.24, 2.45) is 0 Å². The number of aromatic carboxylic acids is 1. The Morgan fingerprint density at radius 2 is 1.74 bits per heavy atom. The fourth-order valence-electron chi connectivity index (χ4n) is 1.96. The SMILES string of the molecule is Cl.O=C(O)c1ccccc1-c1nc2ccccc2[nH]1. The van der Waals surface area contributed by atoms with Crippen molar-refractivity contribution >= 4 is 29.4 Å². The van der Waals surface area contributed by atoms with E-state index in [1.165, 1.54) is 0 Å². The Balaban J connectivity index is 0.00000133. The van der Waals surface area contributed by atoms with Crippen molar-refractivity contribution in [2.45, 2.75) is 0 Å². The number of benzene rings is 2. The Hall–Kier alpha value is -2.33. The third kappa shape index (κ3) is 2.30. The van der Waals surface area contributed by atoms with Crippen LogP contribution in [0, 0.1) is 0 Å². The summed E-state index contributed by atoms with van der Waals surface area (Å²) >= 11 is 0. The molecule has 0 fully saturated rings. The zero-order valence-corrected chi connectivity index (χ0v) is 10.6. The van der Waals surface area contributed by atoms with E-state index in [0.29, 0.717) is 11.4 Å². The average molecular weight is 275 g/mol. The fourth-order valence-corrected chi connectivity index (χ4v) is 1.96. The number of H-pyrrole nitrogens is 1. The van der Waals surface area contributed by atoms with E-state index in [2.05, 4.69) is 9.97 Å². The second-order valence-electron chi connectivity index (χ2n) is 3.95. The van der Waals surface area contributed by atoms with Crippen molar-refractivity contribution < 1.29 is 9.90 Å². The van der Waals surface area contributed by atoms with Crippen LogP contribution in [-0.4, -0.2) is 21.0 Å². The molecule has 19 heavy (non-hydrogen) atoms. The lowest BCUT2D eigenvalue weighted by molar-refractivity contribution is 0.0697. The molecule has 3 rings (SSSR count). The van der Waals surface area contributed by atoms with Gasteiger partial charge in [0.1, 0.15) is 5.82 Å². The second-order valence-corrected chi connectivity index (χ2v) is 3.95. The third-order valence-electron chi connectivity index (χ3n) is 2.80. The topological polar surface area (TPSA) is 66.0 Å². The standard InChI is InChI=1S/C14H10N2O2.ClH/c17-14(18)10-6-2-1-5-9(10)13-15-11-7-3-4-8-12(11)16-13;/h1-8H,(H,15,16)(H,17,18);1H. The van der Waals surface area contributed by atoms with E-state index in [1.54, 1.807) is 24.3 Å². The molecular formula is C14H11ClN2O2. The quantitative estimate of drug-likeness (QED) is 0.753. The van der Waals surface area contributed by atoms with E-state index in [9.17, 15) is 4.79 Å². The molecule has 2 aromatic carbocycles. The van der Waals surface area contributed by atoms with Gasteiger partial charge in [-0.05, 0) is 18.2 Å². The maximum absolute atomic E-state index is 11.2. The molecule has 3 aromatic rings. The number of halogens is 1. The fraction of sp³-hybridized carbons (Fsp3) is 0. The normalized spacial score (nSPS) is 10.1. The zero-order valence-electron chi connectivity index (χ0n) is 9.83. The van der Waals surface area contributed by atoms with Gasteiger partial charge in [0.2, 0.25) is 0 Å². The van der Waals surface area contributed by atoms with E-state index in [-0.39, 0.29) is 18.0 Å². The molecule has 0 amide bonds. The predicted octanol–water partition coefficient (Wildman–Crippen LogP) is 3.35. The van der Waals surface area contributed by atoms with Crippen LogP contribution in [0.25, 0.3) is 22.4 Å². The first-order valence-corrected chi connectivity index (χ1v) is 5.53. The summed E-state index contributed by atoms with van der Waals surface area (Å²) in [7, 11) is 0. The molecule has 0 atom stereocenters. The number of rotatable bonds is 2. The summed E-state index contributed by atoms with van der Waals surface area (Å²) in [5, 5.41) is 9.16. The molecule has 0 bridgehead atoms. The monoisotopic (exact) mass is 274 g/mol. The van der Waals surface area contributed by atoms with Gasteiger partial charge in [-0.15, -0.1) is 12.4 Å². The molecule has 96 valence electrons. The number of carboxylic acids is 1. The van der Waals surface area contributed by atoms with Gasteiger partial charge in [0.25, 0.3) is 0 Å². The smallest absolute Gasteiger partial charge is 0.336 e. The highest BCUT2D eigenvalue weighted by Gasteiger charge is 2.13. The van der Waals surface area contributed by atoms with Crippen LogP contribution in [0.15, 0.2) is 48.5 Å². The minimum absolute atomic E-state index is 0. The van der Waals surface area contributed by atoms with E-state index in [0.717, 1.165) is 11.0 Å². The van der Waals surface area contributed by atoms with Gasteiger partial charge >= 0.3 is 5.97 Å². The Labute approximate surface area is 115 Å². The van der Waals surface area contributed by atoms with Crippen LogP contribution in [0.1, 0.15) is 10.4 Å². The first-order valence-electron chi connectivity index (χ1n) is 5.53. The van der Waals surface area contributed by atoms with E-state index in [1.807, 2.05) is 24.3 Å². The molecule has 0 radical (unpaired) electrons. The second kappa shape index (κ2) is 5.12. The van der Waals surface area contributed by atoms with Crippen molar-refractivity contribution in [3.63, 3.8) is 0 Å². The number of aromatic amines is 1. The Bertz CT molecular complexity index is 704. The van der Waals surface area contributed by atoms with Gasteiger partial charge in [0.05, 0.1) is 16.6 Å². The van der Waals surface area contributed by atoms with Crippen molar-refractivity contribution in [3.8, 4) is 11.4 Å². The first kappa shape index (κ1) is 13.1. The molecule has 0 unspecified atom stereocenters. The molecule has 0 spiro atoms. The van der Waals surface area contributed by atoms with E-state index >= 15 is 0 Å². The largest absolute Gasteiger partial charge is 0.478 e. The number of nitrogens with zero attached hydrogens (tertiary/aromatic N) is 1. The highest BCUT2D eigenvalue weighted by Crippen LogP contribution is 2.23. The highest BCUT2D eigenvalue weighted by molar-refractivity contribution is 5.95. The molecule has 4 nitrogen and oxygen atoms in total. The number of carboxylic acid groups (broad SMARTS) is 1. The molecule has 0 aliphatic heterocycles. The lowest BCUT2D eigenvalue weighted by Gasteiger charge is -2.01. The number of imidazole rings is 1. The summed E-state index contributed by atoms with van der Waals surface area (Å²) in [5.74, 6) is -0.375. The molecule has 0 saturated carbocycles. The molecule has 0 aliphatic rings. The highest BCUT2D eigenvalue weighted by atomic mass is 35.5. The number of aromatic nitrogens is 2. The zero-order chi connectivity index (χ0) is 12.5. The van der Waals surface area contributed by atoms with Crippen molar-refractivity contribution in [3.05, 3.63) is 54.1 Å². The summed E-state index contributed by atoms with van der Waals surface area (Å²) in [6.45, 7) is 0. The van der Waals surface area contributed by atoms with Gasteiger partial charge < -0.3 is 10.1 Å². The molecule has 1 heterocycles. The maximum Gasteiger partial charge on any atom is 0.336 e. The van der Waals surface area contributed by atoms with Crippen LogP contribution >= 0.6 is 12.4 Å².